The normalized spacial score (nSPS) is 16.2. The summed E-state index contributed by atoms with van der Waals surface area (Å²) in [5, 5.41) is 6.15. The molecule has 5 heteroatoms. The molecule has 1 aliphatic rings. The lowest BCUT2D eigenvalue weighted by Gasteiger charge is -2.14. The van der Waals surface area contributed by atoms with Gasteiger partial charge in [-0.2, -0.15) is 0 Å². The lowest BCUT2D eigenvalue weighted by atomic mass is 10.1. The summed E-state index contributed by atoms with van der Waals surface area (Å²) in [5.74, 6) is 0.746. The third kappa shape index (κ3) is 5.47. The van der Waals surface area contributed by atoms with Crippen LogP contribution in [0.15, 0.2) is 36.4 Å². The van der Waals surface area contributed by atoms with Crippen LogP contribution in [0, 0.1) is 20.8 Å². The van der Waals surface area contributed by atoms with Gasteiger partial charge in [0.25, 0.3) is 0 Å². The summed E-state index contributed by atoms with van der Waals surface area (Å²) in [6, 6.07) is 11.8. The number of carbonyl (C=O) groups excluding carboxylic acids is 1. The molecule has 1 saturated heterocycles. The van der Waals surface area contributed by atoms with Gasteiger partial charge < -0.3 is 20.1 Å². The number of benzene rings is 2. The van der Waals surface area contributed by atoms with E-state index in [2.05, 4.69) is 29.7 Å². The van der Waals surface area contributed by atoms with Crippen molar-refractivity contribution in [2.24, 2.45) is 0 Å². The highest BCUT2D eigenvalue weighted by Crippen LogP contribution is 2.22. The molecule has 2 N–H and O–H groups in total. The van der Waals surface area contributed by atoms with Gasteiger partial charge in [0.2, 0.25) is 5.91 Å². The van der Waals surface area contributed by atoms with Crippen LogP contribution in [0.1, 0.15) is 29.5 Å². The monoisotopic (exact) mass is 368 g/mol. The van der Waals surface area contributed by atoms with Crippen LogP contribution < -0.4 is 15.4 Å². The third-order valence-electron chi connectivity index (χ3n) is 4.71. The zero-order chi connectivity index (χ0) is 19.2. The fraction of sp³-hybridized carbons (Fsp3) is 0.409. The van der Waals surface area contributed by atoms with E-state index in [1.807, 2.05) is 38.1 Å². The molecule has 0 aromatic heterocycles. The van der Waals surface area contributed by atoms with Crippen LogP contribution in [0.4, 0.5) is 11.4 Å². The maximum absolute atomic E-state index is 12.3. The number of amides is 1. The summed E-state index contributed by atoms with van der Waals surface area (Å²) >= 11 is 0. The molecule has 5 nitrogen and oxygen atoms in total. The predicted molar refractivity (Wildman–Crippen MR) is 109 cm³/mol. The quantitative estimate of drug-likeness (QED) is 0.768. The van der Waals surface area contributed by atoms with E-state index in [9.17, 15) is 4.79 Å². The van der Waals surface area contributed by atoms with E-state index < -0.39 is 0 Å². The van der Waals surface area contributed by atoms with Crippen molar-refractivity contribution < 1.29 is 14.3 Å². The van der Waals surface area contributed by atoms with Crippen LogP contribution >= 0.6 is 0 Å². The average Bonchev–Trinajstić information content (AvgIpc) is 3.16. The first-order valence-electron chi connectivity index (χ1n) is 9.47. The highest BCUT2D eigenvalue weighted by molar-refractivity contribution is 5.95. The van der Waals surface area contributed by atoms with Crippen LogP contribution in [0.2, 0.25) is 0 Å². The van der Waals surface area contributed by atoms with E-state index in [-0.39, 0.29) is 18.6 Å². The Labute approximate surface area is 161 Å². The van der Waals surface area contributed by atoms with Crippen molar-refractivity contribution in [3.8, 4) is 5.75 Å². The molecular formula is C22H28N2O3. The van der Waals surface area contributed by atoms with Crippen molar-refractivity contribution in [3.05, 3.63) is 53.1 Å². The van der Waals surface area contributed by atoms with Gasteiger partial charge in [-0.05, 0) is 69.0 Å². The van der Waals surface area contributed by atoms with Gasteiger partial charge in [-0.15, -0.1) is 0 Å². The molecule has 1 amide bonds. The molecule has 1 aliphatic heterocycles. The van der Waals surface area contributed by atoms with Crippen molar-refractivity contribution >= 4 is 17.3 Å². The number of hydrogen-bond acceptors (Lipinski definition) is 4. The summed E-state index contributed by atoms with van der Waals surface area (Å²) in [4.78, 5) is 12.3. The van der Waals surface area contributed by atoms with Gasteiger partial charge in [0.05, 0.1) is 12.6 Å². The van der Waals surface area contributed by atoms with Gasteiger partial charge in [0.1, 0.15) is 12.4 Å². The predicted octanol–water partition coefficient (Wildman–Crippen LogP) is 4.22. The molecule has 0 spiro atoms. The maximum atomic E-state index is 12.3. The van der Waals surface area contributed by atoms with Gasteiger partial charge >= 0.3 is 0 Å². The molecule has 0 radical (unpaired) electrons. The zero-order valence-corrected chi connectivity index (χ0v) is 16.3. The third-order valence-corrected chi connectivity index (χ3v) is 4.71. The first-order chi connectivity index (χ1) is 13.0. The summed E-state index contributed by atoms with van der Waals surface area (Å²) in [6.07, 6.45) is 2.38. The zero-order valence-electron chi connectivity index (χ0n) is 16.3. The number of hydrogen-bond donors (Lipinski definition) is 2. The summed E-state index contributed by atoms with van der Waals surface area (Å²) < 4.78 is 11.3. The molecule has 27 heavy (non-hydrogen) atoms. The van der Waals surface area contributed by atoms with Gasteiger partial charge in [0, 0.05) is 18.0 Å². The number of nitrogens with one attached hydrogen (secondary N) is 2. The van der Waals surface area contributed by atoms with Crippen LogP contribution in [0.25, 0.3) is 0 Å². The number of aryl methyl sites for hydroxylation is 3. The first kappa shape index (κ1) is 19.2. The highest BCUT2D eigenvalue weighted by atomic mass is 16.5. The lowest BCUT2D eigenvalue weighted by molar-refractivity contribution is -0.114. The number of anilines is 2. The van der Waals surface area contributed by atoms with E-state index in [4.69, 9.17) is 9.47 Å². The molecule has 2 aromatic carbocycles. The van der Waals surface area contributed by atoms with Crippen LogP contribution in [-0.2, 0) is 9.53 Å². The van der Waals surface area contributed by atoms with E-state index >= 15 is 0 Å². The van der Waals surface area contributed by atoms with Crippen molar-refractivity contribution in [1.82, 2.24) is 0 Å². The number of rotatable bonds is 7. The Morgan fingerprint density at radius 3 is 2.48 bits per heavy atom. The van der Waals surface area contributed by atoms with Crippen LogP contribution in [0.5, 0.6) is 5.75 Å². The molecule has 0 saturated carbocycles. The Kier molecular flexibility index (Phi) is 6.35. The Morgan fingerprint density at radius 2 is 1.85 bits per heavy atom. The maximum Gasteiger partial charge on any atom is 0.243 e. The second-order valence-electron chi connectivity index (χ2n) is 7.15. The standard InChI is InChI=1S/C22H28N2O3/c1-15-11-16(2)22(17(3)12-15)24-21(25)13-23-18-6-8-19(9-7-18)27-14-20-5-4-10-26-20/h6-9,11-12,20,23H,4-5,10,13-14H2,1-3H3,(H,24,25). The second-order valence-corrected chi connectivity index (χ2v) is 7.15. The van der Waals surface area contributed by atoms with E-state index in [1.165, 1.54) is 5.56 Å². The van der Waals surface area contributed by atoms with Crippen LogP contribution in [-0.4, -0.2) is 31.8 Å². The summed E-state index contributed by atoms with van der Waals surface area (Å²) in [7, 11) is 0. The SMILES string of the molecule is Cc1cc(C)c(NC(=O)CNc2ccc(OCC3CCCO3)cc2)c(C)c1. The topological polar surface area (TPSA) is 59.6 Å². The molecule has 0 bridgehead atoms. The summed E-state index contributed by atoms with van der Waals surface area (Å²) in [6.45, 7) is 7.71. The van der Waals surface area contributed by atoms with Crippen molar-refractivity contribution in [1.29, 1.82) is 0 Å². The van der Waals surface area contributed by atoms with Crippen molar-refractivity contribution in [2.45, 2.75) is 39.7 Å². The number of ether oxygens (including phenoxy) is 2. The fourth-order valence-corrected chi connectivity index (χ4v) is 3.38. The Bertz CT molecular complexity index is 758. The lowest BCUT2D eigenvalue weighted by Crippen LogP contribution is -2.22. The average molecular weight is 368 g/mol. The molecular weight excluding hydrogens is 340 g/mol. The van der Waals surface area contributed by atoms with E-state index in [0.29, 0.717) is 6.61 Å². The minimum Gasteiger partial charge on any atom is -0.491 e. The van der Waals surface area contributed by atoms with Gasteiger partial charge in [-0.1, -0.05) is 17.7 Å². The minimum atomic E-state index is -0.0660. The first-order valence-corrected chi connectivity index (χ1v) is 9.47. The molecule has 0 aliphatic carbocycles. The largest absolute Gasteiger partial charge is 0.491 e. The molecule has 1 atom stereocenters. The highest BCUT2D eigenvalue weighted by Gasteiger charge is 2.15. The van der Waals surface area contributed by atoms with Crippen molar-refractivity contribution in [2.75, 3.05) is 30.4 Å². The summed E-state index contributed by atoms with van der Waals surface area (Å²) in [5.41, 5.74) is 5.13. The van der Waals surface area contributed by atoms with E-state index in [1.54, 1.807) is 0 Å². The molecule has 144 valence electrons. The van der Waals surface area contributed by atoms with Gasteiger partial charge in [-0.25, -0.2) is 0 Å². The Balaban J connectivity index is 1.47. The van der Waals surface area contributed by atoms with Crippen molar-refractivity contribution in [3.63, 3.8) is 0 Å². The van der Waals surface area contributed by atoms with Gasteiger partial charge in [0.15, 0.2) is 0 Å². The van der Waals surface area contributed by atoms with Crippen LogP contribution in [0.3, 0.4) is 0 Å². The smallest absolute Gasteiger partial charge is 0.243 e. The molecule has 3 rings (SSSR count). The molecule has 1 heterocycles. The molecule has 1 fully saturated rings. The molecule has 1 unspecified atom stereocenters. The second kappa shape index (κ2) is 8.91. The minimum absolute atomic E-state index is 0.0660. The van der Waals surface area contributed by atoms with E-state index in [0.717, 1.165) is 47.7 Å². The molecule has 2 aromatic rings. The van der Waals surface area contributed by atoms with Gasteiger partial charge in [-0.3, -0.25) is 4.79 Å². The Morgan fingerprint density at radius 1 is 1.15 bits per heavy atom. The Hall–Kier alpha value is -2.53. The fourth-order valence-electron chi connectivity index (χ4n) is 3.38. The number of carbonyl (C=O) groups is 1.